The Hall–Kier alpha value is -0.920. The Labute approximate surface area is 130 Å². The highest BCUT2D eigenvalue weighted by atomic mass is 32.2. The fraction of sp³-hybridized carbons (Fsp3) is 0.462. The summed E-state index contributed by atoms with van der Waals surface area (Å²) in [5, 5.41) is 13.7. The molecule has 2 aromatic rings. The number of hydrogen-bond acceptors (Lipinski definition) is 6. The molecule has 20 heavy (non-hydrogen) atoms. The van der Waals surface area contributed by atoms with Gasteiger partial charge in [0.2, 0.25) is 0 Å². The van der Waals surface area contributed by atoms with E-state index in [1.807, 2.05) is 0 Å². The van der Waals surface area contributed by atoms with Crippen LogP contribution in [-0.2, 0) is 22.4 Å². The number of carboxylic acid groups (broad SMARTS) is 1. The van der Waals surface area contributed by atoms with Crippen LogP contribution in [0.1, 0.15) is 37.2 Å². The van der Waals surface area contributed by atoms with Crippen LogP contribution >= 0.6 is 34.4 Å². The second-order valence-corrected chi connectivity index (χ2v) is 8.36. The van der Waals surface area contributed by atoms with Crippen molar-refractivity contribution < 1.29 is 9.90 Å². The van der Waals surface area contributed by atoms with Gasteiger partial charge in [0.1, 0.15) is 5.01 Å². The molecule has 0 atom stereocenters. The van der Waals surface area contributed by atoms with Gasteiger partial charge in [-0.2, -0.15) is 0 Å². The topological polar surface area (TPSA) is 63.1 Å². The van der Waals surface area contributed by atoms with E-state index in [1.165, 1.54) is 11.3 Å². The molecule has 4 nitrogen and oxygen atoms in total. The minimum Gasteiger partial charge on any atom is -0.481 e. The van der Waals surface area contributed by atoms with Gasteiger partial charge in [0.15, 0.2) is 4.34 Å². The van der Waals surface area contributed by atoms with Crippen molar-refractivity contribution in [3.63, 3.8) is 0 Å². The number of aromatic nitrogens is 2. The molecule has 0 amide bonds. The number of thioether (sulfide) groups is 1. The Bertz CT molecular complexity index is 599. The van der Waals surface area contributed by atoms with Gasteiger partial charge in [-0.25, -0.2) is 9.97 Å². The van der Waals surface area contributed by atoms with E-state index < -0.39 is 5.97 Å². The summed E-state index contributed by atoms with van der Waals surface area (Å²) in [7, 11) is 0. The van der Waals surface area contributed by atoms with Crippen LogP contribution in [0, 0.1) is 0 Å². The van der Waals surface area contributed by atoms with Gasteiger partial charge in [0.25, 0.3) is 0 Å². The quantitative estimate of drug-likeness (QED) is 0.845. The zero-order valence-corrected chi connectivity index (χ0v) is 14.0. The smallest absolute Gasteiger partial charge is 0.309 e. The first kappa shape index (κ1) is 15.5. The SMILES string of the molecule is CC(C)(C)c1csc(CSc2nc(CC(=O)O)cs2)n1. The number of aliphatic carboxylic acids is 1. The summed E-state index contributed by atoms with van der Waals surface area (Å²) in [5.41, 5.74) is 1.82. The Morgan fingerprint density at radius 3 is 2.65 bits per heavy atom. The molecule has 0 saturated carbocycles. The molecule has 108 valence electrons. The van der Waals surface area contributed by atoms with E-state index in [9.17, 15) is 4.79 Å². The summed E-state index contributed by atoms with van der Waals surface area (Å²) in [6, 6.07) is 0. The lowest BCUT2D eigenvalue weighted by Crippen LogP contribution is -2.11. The van der Waals surface area contributed by atoms with Gasteiger partial charge in [-0.1, -0.05) is 32.5 Å². The monoisotopic (exact) mass is 328 g/mol. The van der Waals surface area contributed by atoms with Crippen molar-refractivity contribution in [2.75, 3.05) is 0 Å². The van der Waals surface area contributed by atoms with Crippen LogP contribution in [0.5, 0.6) is 0 Å². The van der Waals surface area contributed by atoms with E-state index in [4.69, 9.17) is 5.11 Å². The highest BCUT2D eigenvalue weighted by Crippen LogP contribution is 2.30. The molecule has 0 saturated heterocycles. The average molecular weight is 328 g/mol. The van der Waals surface area contributed by atoms with Crippen LogP contribution in [0.25, 0.3) is 0 Å². The molecular formula is C13H16N2O2S3. The molecular weight excluding hydrogens is 312 g/mol. The molecule has 2 aromatic heterocycles. The van der Waals surface area contributed by atoms with Crippen LogP contribution in [-0.4, -0.2) is 21.0 Å². The third-order valence-corrected chi connectivity index (χ3v) is 5.61. The maximum absolute atomic E-state index is 10.6. The van der Waals surface area contributed by atoms with Crippen molar-refractivity contribution in [1.82, 2.24) is 9.97 Å². The molecule has 0 aliphatic carbocycles. The number of nitrogens with zero attached hydrogens (tertiary/aromatic N) is 2. The highest BCUT2D eigenvalue weighted by molar-refractivity contribution is 8.00. The van der Waals surface area contributed by atoms with Crippen LogP contribution in [0.15, 0.2) is 15.1 Å². The molecule has 0 fully saturated rings. The van der Waals surface area contributed by atoms with Crippen LogP contribution < -0.4 is 0 Å². The van der Waals surface area contributed by atoms with Gasteiger partial charge in [-0.05, 0) is 0 Å². The van der Waals surface area contributed by atoms with Gasteiger partial charge in [-0.3, -0.25) is 4.79 Å². The first-order valence-corrected chi connectivity index (χ1v) is 8.83. The fourth-order valence-electron chi connectivity index (χ4n) is 1.44. The van der Waals surface area contributed by atoms with Crippen LogP contribution in [0.4, 0.5) is 0 Å². The number of hydrogen-bond donors (Lipinski definition) is 1. The summed E-state index contributed by atoms with van der Waals surface area (Å²) < 4.78 is 0.897. The summed E-state index contributed by atoms with van der Waals surface area (Å²) >= 11 is 4.76. The lowest BCUT2D eigenvalue weighted by atomic mass is 9.93. The zero-order chi connectivity index (χ0) is 14.8. The summed E-state index contributed by atoms with van der Waals surface area (Å²) in [4.78, 5) is 19.5. The molecule has 0 aromatic carbocycles. The predicted octanol–water partition coefficient (Wildman–Crippen LogP) is 3.82. The molecule has 2 heterocycles. The highest BCUT2D eigenvalue weighted by Gasteiger charge is 2.17. The maximum atomic E-state index is 10.6. The van der Waals surface area contributed by atoms with E-state index in [2.05, 4.69) is 36.1 Å². The van der Waals surface area contributed by atoms with Gasteiger partial charge < -0.3 is 5.11 Å². The average Bonchev–Trinajstić information content (AvgIpc) is 2.93. The number of rotatable bonds is 5. The summed E-state index contributed by atoms with van der Waals surface area (Å²) in [6.07, 6.45) is -0.0114. The van der Waals surface area contributed by atoms with Crippen molar-refractivity contribution in [3.8, 4) is 0 Å². The van der Waals surface area contributed by atoms with Crippen molar-refractivity contribution in [2.45, 2.75) is 42.7 Å². The minimum atomic E-state index is -0.846. The second-order valence-electron chi connectivity index (χ2n) is 5.34. The molecule has 0 aliphatic rings. The molecule has 7 heteroatoms. The van der Waals surface area contributed by atoms with Gasteiger partial charge in [-0.15, -0.1) is 22.7 Å². The Morgan fingerprint density at radius 1 is 1.30 bits per heavy atom. The van der Waals surface area contributed by atoms with Gasteiger partial charge in [0.05, 0.1) is 23.6 Å². The van der Waals surface area contributed by atoms with Crippen molar-refractivity contribution >= 4 is 40.4 Å². The van der Waals surface area contributed by atoms with E-state index in [1.54, 1.807) is 28.5 Å². The number of thiazole rings is 2. The molecule has 2 rings (SSSR count). The van der Waals surface area contributed by atoms with Crippen LogP contribution in [0.2, 0.25) is 0 Å². The fourth-order valence-corrected chi connectivity index (χ4v) is 4.32. The van der Waals surface area contributed by atoms with Crippen LogP contribution in [0.3, 0.4) is 0 Å². The van der Waals surface area contributed by atoms with Gasteiger partial charge >= 0.3 is 5.97 Å². The molecule has 1 N–H and O–H groups in total. The first-order valence-electron chi connectivity index (χ1n) is 6.08. The predicted molar refractivity (Wildman–Crippen MR) is 83.8 cm³/mol. The van der Waals surface area contributed by atoms with Gasteiger partial charge in [0, 0.05) is 16.2 Å². The van der Waals surface area contributed by atoms with E-state index in [-0.39, 0.29) is 11.8 Å². The van der Waals surface area contributed by atoms with Crippen molar-refractivity contribution in [2.24, 2.45) is 0 Å². The molecule has 0 bridgehead atoms. The zero-order valence-electron chi connectivity index (χ0n) is 11.5. The third-order valence-electron chi connectivity index (χ3n) is 2.50. The maximum Gasteiger partial charge on any atom is 0.309 e. The Balaban J connectivity index is 1.93. The summed E-state index contributed by atoms with van der Waals surface area (Å²) in [5.74, 6) is -0.0672. The minimum absolute atomic E-state index is 0.0114. The largest absolute Gasteiger partial charge is 0.481 e. The van der Waals surface area contributed by atoms with E-state index in [0.29, 0.717) is 5.69 Å². The van der Waals surface area contributed by atoms with Crippen molar-refractivity contribution in [1.29, 1.82) is 0 Å². The Kier molecular flexibility index (Phi) is 4.82. The standard InChI is InChI=1S/C13H16N2O2S3/c1-13(2,3)9-6-18-10(15-9)7-20-12-14-8(5-19-12)4-11(16)17/h5-6H,4,7H2,1-3H3,(H,16,17). The molecule has 0 aliphatic heterocycles. The van der Waals surface area contributed by atoms with E-state index in [0.717, 1.165) is 20.8 Å². The normalized spacial score (nSPS) is 11.8. The molecule has 0 radical (unpaired) electrons. The first-order chi connectivity index (χ1) is 9.34. The third kappa shape index (κ3) is 4.29. The number of carbonyl (C=O) groups is 1. The second kappa shape index (κ2) is 6.24. The van der Waals surface area contributed by atoms with E-state index >= 15 is 0 Å². The summed E-state index contributed by atoms with van der Waals surface area (Å²) in [6.45, 7) is 6.45. The Morgan fingerprint density at radius 2 is 2.05 bits per heavy atom. The number of carboxylic acids is 1. The lowest BCUT2D eigenvalue weighted by Gasteiger charge is -2.14. The molecule has 0 spiro atoms. The van der Waals surface area contributed by atoms with Crippen molar-refractivity contribution in [3.05, 3.63) is 27.2 Å². The molecule has 0 unspecified atom stereocenters. The lowest BCUT2D eigenvalue weighted by molar-refractivity contribution is -0.136.